The summed E-state index contributed by atoms with van der Waals surface area (Å²) in [6, 6.07) is 17.0. The van der Waals surface area contributed by atoms with Crippen LogP contribution in [-0.4, -0.2) is 4.98 Å². The Kier molecular flexibility index (Phi) is 2.03. The van der Waals surface area contributed by atoms with Gasteiger partial charge in [-0.2, -0.15) is 0 Å². The SMILES string of the molecule is Cc1c(-c2ccccc2)ccc2cc[nH]c12. The summed E-state index contributed by atoms with van der Waals surface area (Å²) in [6.07, 6.45) is 1.99. The molecule has 0 fully saturated rings. The van der Waals surface area contributed by atoms with Crippen LogP contribution in [0.15, 0.2) is 54.7 Å². The van der Waals surface area contributed by atoms with Gasteiger partial charge in [0.05, 0.1) is 0 Å². The normalized spacial score (nSPS) is 10.8. The zero-order valence-electron chi connectivity index (χ0n) is 9.20. The maximum atomic E-state index is 3.30. The minimum absolute atomic E-state index is 1.24. The molecule has 78 valence electrons. The number of nitrogens with one attached hydrogen (secondary N) is 1. The third-order valence-electron chi connectivity index (χ3n) is 3.07. The van der Waals surface area contributed by atoms with Crippen molar-refractivity contribution in [2.45, 2.75) is 6.92 Å². The maximum Gasteiger partial charge on any atom is 0.0489 e. The largest absolute Gasteiger partial charge is 0.361 e. The molecule has 0 spiro atoms. The highest BCUT2D eigenvalue weighted by atomic mass is 14.7. The van der Waals surface area contributed by atoms with Gasteiger partial charge in [-0.05, 0) is 35.1 Å². The lowest BCUT2D eigenvalue weighted by Gasteiger charge is -2.07. The van der Waals surface area contributed by atoms with E-state index in [1.807, 2.05) is 12.3 Å². The maximum absolute atomic E-state index is 3.30. The molecule has 0 radical (unpaired) electrons. The molecule has 0 aliphatic heterocycles. The van der Waals surface area contributed by atoms with Crippen LogP contribution in [-0.2, 0) is 0 Å². The van der Waals surface area contributed by atoms with Crippen LogP contribution in [0.3, 0.4) is 0 Å². The topological polar surface area (TPSA) is 15.8 Å². The van der Waals surface area contributed by atoms with Gasteiger partial charge in [0.1, 0.15) is 0 Å². The molecule has 0 aliphatic rings. The van der Waals surface area contributed by atoms with Crippen LogP contribution >= 0.6 is 0 Å². The molecule has 0 amide bonds. The Labute approximate surface area is 94.7 Å². The van der Waals surface area contributed by atoms with Crippen molar-refractivity contribution < 1.29 is 0 Å². The van der Waals surface area contributed by atoms with Crippen molar-refractivity contribution in [3.05, 3.63) is 60.3 Å². The molecule has 16 heavy (non-hydrogen) atoms. The minimum atomic E-state index is 1.24. The minimum Gasteiger partial charge on any atom is -0.361 e. The summed E-state index contributed by atoms with van der Waals surface area (Å²) in [4.78, 5) is 3.30. The van der Waals surface area contributed by atoms with E-state index in [0.717, 1.165) is 0 Å². The number of aromatic amines is 1. The zero-order valence-corrected chi connectivity index (χ0v) is 9.20. The first-order chi connectivity index (χ1) is 7.86. The Balaban J connectivity index is 2.28. The predicted molar refractivity (Wildman–Crippen MR) is 68.5 cm³/mol. The first-order valence-corrected chi connectivity index (χ1v) is 5.48. The lowest BCUT2D eigenvalue weighted by molar-refractivity contribution is 1.41. The molecule has 3 rings (SSSR count). The molecule has 1 heterocycles. The van der Waals surface area contributed by atoms with Crippen molar-refractivity contribution in [3.63, 3.8) is 0 Å². The van der Waals surface area contributed by atoms with E-state index in [2.05, 4.69) is 54.4 Å². The summed E-state index contributed by atoms with van der Waals surface area (Å²) in [6.45, 7) is 2.17. The van der Waals surface area contributed by atoms with Gasteiger partial charge >= 0.3 is 0 Å². The third-order valence-corrected chi connectivity index (χ3v) is 3.07. The molecular weight excluding hydrogens is 194 g/mol. The van der Waals surface area contributed by atoms with Crippen molar-refractivity contribution in [1.29, 1.82) is 0 Å². The molecule has 1 aromatic heterocycles. The monoisotopic (exact) mass is 207 g/mol. The van der Waals surface area contributed by atoms with Crippen LogP contribution in [0.4, 0.5) is 0 Å². The van der Waals surface area contributed by atoms with E-state index < -0.39 is 0 Å². The molecule has 0 bridgehead atoms. The van der Waals surface area contributed by atoms with Gasteiger partial charge in [-0.3, -0.25) is 0 Å². The van der Waals surface area contributed by atoms with Crippen molar-refractivity contribution in [1.82, 2.24) is 4.98 Å². The van der Waals surface area contributed by atoms with E-state index in [1.165, 1.54) is 27.6 Å². The Morgan fingerprint density at radius 3 is 2.50 bits per heavy atom. The molecule has 0 saturated carbocycles. The Bertz CT molecular complexity index is 620. The van der Waals surface area contributed by atoms with Gasteiger partial charge < -0.3 is 4.98 Å². The fourth-order valence-corrected chi connectivity index (χ4v) is 2.21. The van der Waals surface area contributed by atoms with Crippen molar-refractivity contribution in [3.8, 4) is 11.1 Å². The summed E-state index contributed by atoms with van der Waals surface area (Å²) >= 11 is 0. The molecule has 0 saturated heterocycles. The zero-order chi connectivity index (χ0) is 11.0. The summed E-state index contributed by atoms with van der Waals surface area (Å²) in [5, 5.41) is 1.28. The van der Waals surface area contributed by atoms with Gasteiger partial charge in [0.15, 0.2) is 0 Å². The smallest absolute Gasteiger partial charge is 0.0489 e. The second-order valence-electron chi connectivity index (χ2n) is 4.05. The second kappa shape index (κ2) is 3.53. The van der Waals surface area contributed by atoms with Crippen molar-refractivity contribution >= 4 is 10.9 Å². The molecule has 2 aromatic carbocycles. The Hall–Kier alpha value is -2.02. The first-order valence-electron chi connectivity index (χ1n) is 5.48. The van der Waals surface area contributed by atoms with Gasteiger partial charge in [0.25, 0.3) is 0 Å². The van der Waals surface area contributed by atoms with Gasteiger partial charge in [-0.1, -0.05) is 42.5 Å². The summed E-state index contributed by atoms with van der Waals surface area (Å²) in [7, 11) is 0. The van der Waals surface area contributed by atoms with Crippen molar-refractivity contribution in [2.75, 3.05) is 0 Å². The van der Waals surface area contributed by atoms with Crippen LogP contribution in [0.1, 0.15) is 5.56 Å². The average molecular weight is 207 g/mol. The molecule has 0 unspecified atom stereocenters. The standard InChI is InChI=1S/C15H13N/c1-11-14(12-5-3-2-4-6-12)8-7-13-9-10-16-15(11)13/h2-10,16H,1H3. The highest BCUT2D eigenvalue weighted by Crippen LogP contribution is 2.28. The third kappa shape index (κ3) is 1.33. The number of hydrogen-bond donors (Lipinski definition) is 1. The van der Waals surface area contributed by atoms with Gasteiger partial charge in [-0.25, -0.2) is 0 Å². The number of aromatic nitrogens is 1. The average Bonchev–Trinajstić information content (AvgIpc) is 2.80. The van der Waals surface area contributed by atoms with Crippen LogP contribution in [0, 0.1) is 6.92 Å². The van der Waals surface area contributed by atoms with E-state index in [4.69, 9.17) is 0 Å². The molecule has 1 N–H and O–H groups in total. The highest BCUT2D eigenvalue weighted by molar-refractivity contribution is 5.89. The summed E-state index contributed by atoms with van der Waals surface area (Å²) in [5.41, 5.74) is 5.13. The Morgan fingerprint density at radius 1 is 0.875 bits per heavy atom. The summed E-state index contributed by atoms with van der Waals surface area (Å²) < 4.78 is 0. The fourth-order valence-electron chi connectivity index (χ4n) is 2.21. The molecular formula is C15H13N. The number of benzene rings is 2. The number of H-pyrrole nitrogens is 1. The number of rotatable bonds is 1. The molecule has 0 aliphatic carbocycles. The molecule has 1 heteroatoms. The fraction of sp³-hybridized carbons (Fsp3) is 0.0667. The quantitative estimate of drug-likeness (QED) is 0.617. The number of fused-ring (bicyclic) bond motifs is 1. The molecule has 3 aromatic rings. The van der Waals surface area contributed by atoms with Gasteiger partial charge in [0.2, 0.25) is 0 Å². The number of aryl methyl sites for hydroxylation is 1. The van der Waals surface area contributed by atoms with Crippen LogP contribution in [0.5, 0.6) is 0 Å². The van der Waals surface area contributed by atoms with Gasteiger partial charge in [0, 0.05) is 11.7 Å². The van der Waals surface area contributed by atoms with Crippen LogP contribution < -0.4 is 0 Å². The Morgan fingerprint density at radius 2 is 1.69 bits per heavy atom. The number of hydrogen-bond acceptors (Lipinski definition) is 0. The lowest BCUT2D eigenvalue weighted by atomic mass is 9.99. The summed E-state index contributed by atoms with van der Waals surface area (Å²) in [5.74, 6) is 0. The van der Waals surface area contributed by atoms with Gasteiger partial charge in [-0.15, -0.1) is 0 Å². The highest BCUT2D eigenvalue weighted by Gasteiger charge is 2.05. The lowest BCUT2D eigenvalue weighted by Crippen LogP contribution is -1.84. The van der Waals surface area contributed by atoms with Crippen molar-refractivity contribution in [2.24, 2.45) is 0 Å². The molecule has 1 nitrogen and oxygen atoms in total. The van der Waals surface area contributed by atoms with E-state index in [0.29, 0.717) is 0 Å². The van der Waals surface area contributed by atoms with E-state index in [1.54, 1.807) is 0 Å². The molecule has 0 atom stereocenters. The van der Waals surface area contributed by atoms with E-state index in [-0.39, 0.29) is 0 Å². The predicted octanol–water partition coefficient (Wildman–Crippen LogP) is 4.14. The van der Waals surface area contributed by atoms with Crippen LogP contribution in [0.2, 0.25) is 0 Å². The van der Waals surface area contributed by atoms with Crippen LogP contribution in [0.25, 0.3) is 22.0 Å². The first kappa shape index (κ1) is 9.22. The van der Waals surface area contributed by atoms with E-state index in [9.17, 15) is 0 Å². The second-order valence-corrected chi connectivity index (χ2v) is 4.05. The van der Waals surface area contributed by atoms with E-state index >= 15 is 0 Å².